The topological polar surface area (TPSA) is 109 Å². The van der Waals surface area contributed by atoms with E-state index in [4.69, 9.17) is 10.5 Å². The number of aryl methyl sites for hydroxylation is 1. The van der Waals surface area contributed by atoms with Gasteiger partial charge in [0.2, 0.25) is 5.88 Å². The van der Waals surface area contributed by atoms with Crippen molar-refractivity contribution < 1.29 is 9.53 Å². The van der Waals surface area contributed by atoms with Crippen molar-refractivity contribution in [3.63, 3.8) is 0 Å². The van der Waals surface area contributed by atoms with Crippen molar-refractivity contribution in [1.82, 2.24) is 19.9 Å². The van der Waals surface area contributed by atoms with E-state index in [-0.39, 0.29) is 11.5 Å². The lowest BCUT2D eigenvalue weighted by Gasteiger charge is -2.34. The zero-order chi connectivity index (χ0) is 23.4. The van der Waals surface area contributed by atoms with Crippen molar-refractivity contribution in [2.75, 3.05) is 43.4 Å². The molecule has 33 heavy (non-hydrogen) atoms. The maximum Gasteiger partial charge on any atom is 0.271 e. The number of amides is 1. The van der Waals surface area contributed by atoms with E-state index in [0.29, 0.717) is 23.7 Å². The lowest BCUT2D eigenvalue weighted by molar-refractivity contribution is 0.0996. The monoisotopic (exact) mass is 511 g/mol. The molecule has 4 rings (SSSR count). The molecule has 3 heterocycles. The Kier molecular flexibility index (Phi) is 7.05. The van der Waals surface area contributed by atoms with E-state index in [1.54, 1.807) is 18.5 Å². The van der Waals surface area contributed by atoms with Crippen molar-refractivity contribution >= 4 is 39.0 Å². The minimum Gasteiger partial charge on any atom is -0.436 e. The van der Waals surface area contributed by atoms with Gasteiger partial charge in [0.1, 0.15) is 11.4 Å². The van der Waals surface area contributed by atoms with Gasteiger partial charge in [-0.25, -0.2) is 4.98 Å². The average Bonchev–Trinajstić information content (AvgIpc) is 2.80. The van der Waals surface area contributed by atoms with Crippen LogP contribution in [0, 0.1) is 0 Å². The number of halogens is 1. The van der Waals surface area contributed by atoms with Gasteiger partial charge in [-0.3, -0.25) is 9.78 Å². The summed E-state index contributed by atoms with van der Waals surface area (Å²) in [5.41, 5.74) is 8.11. The molecule has 3 aromatic rings. The van der Waals surface area contributed by atoms with Crippen LogP contribution in [0.4, 0.5) is 17.2 Å². The molecule has 0 aliphatic carbocycles. The molecule has 0 bridgehead atoms. The highest BCUT2D eigenvalue weighted by molar-refractivity contribution is 9.10. The Morgan fingerprint density at radius 2 is 1.88 bits per heavy atom. The van der Waals surface area contributed by atoms with E-state index in [2.05, 4.69) is 65.2 Å². The fraction of sp³-hybridized carbons (Fsp3) is 0.304. The minimum absolute atomic E-state index is 0.0645. The van der Waals surface area contributed by atoms with E-state index >= 15 is 0 Å². The van der Waals surface area contributed by atoms with Crippen LogP contribution in [0.3, 0.4) is 0 Å². The number of rotatable bonds is 7. The predicted molar refractivity (Wildman–Crippen MR) is 131 cm³/mol. The number of pyridine rings is 1. The van der Waals surface area contributed by atoms with Gasteiger partial charge in [-0.2, -0.15) is 4.98 Å². The van der Waals surface area contributed by atoms with Gasteiger partial charge >= 0.3 is 0 Å². The smallest absolute Gasteiger partial charge is 0.271 e. The second-order valence-corrected chi connectivity index (χ2v) is 8.71. The van der Waals surface area contributed by atoms with Crippen LogP contribution in [-0.4, -0.2) is 59.0 Å². The normalized spacial score (nSPS) is 14.2. The van der Waals surface area contributed by atoms with E-state index in [1.807, 2.05) is 19.1 Å². The molecule has 1 aliphatic heterocycles. The number of piperazine rings is 1. The second kappa shape index (κ2) is 10.1. The molecule has 1 saturated heterocycles. The zero-order valence-corrected chi connectivity index (χ0v) is 20.2. The van der Waals surface area contributed by atoms with E-state index < -0.39 is 5.91 Å². The number of primary amides is 1. The van der Waals surface area contributed by atoms with Gasteiger partial charge in [-0.05, 0) is 59.7 Å². The highest BCUT2D eigenvalue weighted by atomic mass is 79.9. The molecular formula is C23H26BrN7O2. The number of carbonyl (C=O) groups is 1. The molecule has 3 N–H and O–H groups in total. The minimum atomic E-state index is -0.663. The van der Waals surface area contributed by atoms with Crippen LogP contribution in [0.5, 0.6) is 11.6 Å². The Bertz CT molecular complexity index is 1130. The number of nitrogens with one attached hydrogen (secondary N) is 1. The Morgan fingerprint density at radius 3 is 2.52 bits per heavy atom. The van der Waals surface area contributed by atoms with Crippen molar-refractivity contribution in [3.05, 3.63) is 58.6 Å². The maximum atomic E-state index is 12.1. The van der Waals surface area contributed by atoms with Gasteiger partial charge in [-0.15, -0.1) is 0 Å². The van der Waals surface area contributed by atoms with Gasteiger partial charge in [0, 0.05) is 48.2 Å². The molecule has 1 aliphatic rings. The van der Waals surface area contributed by atoms with E-state index in [0.717, 1.165) is 42.0 Å². The molecule has 0 spiro atoms. The molecule has 172 valence electrons. The number of ether oxygens (including phenoxy) is 1. The van der Waals surface area contributed by atoms with Crippen LogP contribution in [0.15, 0.2) is 47.2 Å². The van der Waals surface area contributed by atoms with Crippen molar-refractivity contribution in [2.45, 2.75) is 13.3 Å². The summed E-state index contributed by atoms with van der Waals surface area (Å²) in [6.45, 7) is 5.97. The second-order valence-electron chi connectivity index (χ2n) is 7.79. The van der Waals surface area contributed by atoms with Gasteiger partial charge in [0.05, 0.1) is 6.20 Å². The third-order valence-corrected chi connectivity index (χ3v) is 5.83. The number of benzene rings is 1. The first-order valence-corrected chi connectivity index (χ1v) is 11.5. The summed E-state index contributed by atoms with van der Waals surface area (Å²) in [5.74, 6) is 0.371. The number of aromatic nitrogens is 3. The standard InChI is InChI=1S/C23H26BrN7O2/c1-3-19-23(33-18-12-15(24)13-26-14-18)29-22(20(28-19)21(25)32)27-16-4-6-17(7-5-16)31-10-8-30(2)9-11-31/h4-7,12-14H,3,8-11H2,1-2H3,(H2,25,32)(H,27,29). The number of nitrogens with two attached hydrogens (primary N) is 1. The molecule has 1 fully saturated rings. The van der Waals surface area contributed by atoms with Crippen LogP contribution >= 0.6 is 15.9 Å². The number of carbonyl (C=O) groups excluding carboxylic acids is 1. The van der Waals surface area contributed by atoms with E-state index in [9.17, 15) is 4.79 Å². The molecule has 1 aromatic carbocycles. The summed E-state index contributed by atoms with van der Waals surface area (Å²) in [7, 11) is 2.14. The van der Waals surface area contributed by atoms with Crippen molar-refractivity contribution in [1.29, 1.82) is 0 Å². The van der Waals surface area contributed by atoms with Crippen LogP contribution in [-0.2, 0) is 6.42 Å². The van der Waals surface area contributed by atoms with Crippen LogP contribution in [0.25, 0.3) is 0 Å². The molecule has 0 radical (unpaired) electrons. The van der Waals surface area contributed by atoms with Gasteiger partial charge in [0.15, 0.2) is 11.5 Å². The van der Waals surface area contributed by atoms with E-state index in [1.165, 1.54) is 0 Å². The zero-order valence-electron chi connectivity index (χ0n) is 18.6. The first-order valence-electron chi connectivity index (χ1n) is 10.7. The Hall–Kier alpha value is -3.24. The van der Waals surface area contributed by atoms with Gasteiger partial charge in [-0.1, -0.05) is 6.92 Å². The van der Waals surface area contributed by atoms with Crippen LogP contribution in [0.1, 0.15) is 23.1 Å². The van der Waals surface area contributed by atoms with Crippen LogP contribution in [0.2, 0.25) is 0 Å². The molecule has 10 heteroatoms. The largest absolute Gasteiger partial charge is 0.436 e. The quantitative estimate of drug-likeness (QED) is 0.495. The first-order chi connectivity index (χ1) is 15.9. The molecule has 0 atom stereocenters. The molecular weight excluding hydrogens is 486 g/mol. The maximum absolute atomic E-state index is 12.1. The average molecular weight is 512 g/mol. The number of likely N-dealkylation sites (N-methyl/N-ethyl adjacent to an activating group) is 1. The van der Waals surface area contributed by atoms with Crippen molar-refractivity contribution in [2.24, 2.45) is 5.73 Å². The first kappa shape index (κ1) is 22.9. The predicted octanol–water partition coefficient (Wildman–Crippen LogP) is 3.58. The lowest BCUT2D eigenvalue weighted by atomic mass is 10.2. The molecule has 0 saturated carbocycles. The molecule has 1 amide bonds. The Morgan fingerprint density at radius 1 is 1.15 bits per heavy atom. The molecule has 9 nitrogen and oxygen atoms in total. The summed E-state index contributed by atoms with van der Waals surface area (Å²) in [5, 5.41) is 3.17. The summed E-state index contributed by atoms with van der Waals surface area (Å²) < 4.78 is 6.71. The van der Waals surface area contributed by atoms with Gasteiger partial charge < -0.3 is 25.6 Å². The molecule has 0 unspecified atom stereocenters. The SMILES string of the molecule is CCc1nc(C(N)=O)c(Nc2ccc(N3CCN(C)CC3)cc2)nc1Oc1cncc(Br)c1. The third-order valence-electron chi connectivity index (χ3n) is 5.39. The number of hydrogen-bond acceptors (Lipinski definition) is 8. The summed E-state index contributed by atoms with van der Waals surface area (Å²) >= 11 is 3.38. The highest BCUT2D eigenvalue weighted by Gasteiger charge is 2.19. The van der Waals surface area contributed by atoms with Crippen LogP contribution < -0.4 is 20.7 Å². The fourth-order valence-electron chi connectivity index (χ4n) is 3.54. The third kappa shape index (κ3) is 5.58. The highest BCUT2D eigenvalue weighted by Crippen LogP contribution is 2.29. The Balaban J connectivity index is 1.59. The van der Waals surface area contributed by atoms with Crippen molar-refractivity contribution in [3.8, 4) is 11.6 Å². The van der Waals surface area contributed by atoms with Gasteiger partial charge in [0.25, 0.3) is 5.91 Å². The summed E-state index contributed by atoms with van der Waals surface area (Å²) in [6.07, 6.45) is 3.76. The fourth-order valence-corrected chi connectivity index (χ4v) is 3.89. The molecule has 2 aromatic heterocycles. The number of nitrogens with zero attached hydrogens (tertiary/aromatic N) is 5. The number of anilines is 3. The summed E-state index contributed by atoms with van der Waals surface area (Å²) in [4.78, 5) is 29.9. The summed E-state index contributed by atoms with van der Waals surface area (Å²) in [6, 6.07) is 9.78. The lowest BCUT2D eigenvalue weighted by Crippen LogP contribution is -2.44. The number of hydrogen-bond donors (Lipinski definition) is 2. The Labute approximate surface area is 201 Å².